The van der Waals surface area contributed by atoms with E-state index >= 15 is 0 Å². The molecule has 132 valence electrons. The molecule has 3 rings (SSSR count). The number of rotatable bonds is 4. The molecule has 1 heterocycles. The van der Waals surface area contributed by atoms with Crippen LogP contribution < -0.4 is 5.32 Å². The van der Waals surface area contributed by atoms with Crippen molar-refractivity contribution in [3.05, 3.63) is 42.5 Å². The van der Waals surface area contributed by atoms with E-state index in [1.54, 1.807) is 13.1 Å². The van der Waals surface area contributed by atoms with Gasteiger partial charge in [-0.1, -0.05) is 50.2 Å². The second kappa shape index (κ2) is 8.60. The molecule has 0 amide bonds. The van der Waals surface area contributed by atoms with Crippen LogP contribution in [0.2, 0.25) is 0 Å². The van der Waals surface area contributed by atoms with Gasteiger partial charge in [0.15, 0.2) is 0 Å². The first-order valence-corrected chi connectivity index (χ1v) is 10.2. The molecule has 2 aromatic rings. The van der Waals surface area contributed by atoms with E-state index < -0.39 is 10.0 Å². The third-order valence-corrected chi connectivity index (χ3v) is 6.29. The zero-order valence-electron chi connectivity index (χ0n) is 14.8. The van der Waals surface area contributed by atoms with Crippen LogP contribution in [-0.4, -0.2) is 39.4 Å². The molecule has 24 heavy (non-hydrogen) atoms. The summed E-state index contributed by atoms with van der Waals surface area (Å²) in [5.41, 5.74) is 0. The number of sulfonamides is 1. The highest BCUT2D eigenvalue weighted by atomic mass is 32.2. The zero-order valence-corrected chi connectivity index (χ0v) is 15.6. The summed E-state index contributed by atoms with van der Waals surface area (Å²) in [6.45, 7) is 6.55. The molecule has 0 atom stereocenters. The molecule has 1 N–H and O–H groups in total. The Kier molecular flexibility index (Phi) is 6.78. The van der Waals surface area contributed by atoms with E-state index in [9.17, 15) is 8.42 Å². The topological polar surface area (TPSA) is 49.4 Å². The van der Waals surface area contributed by atoms with Crippen LogP contribution in [0.1, 0.15) is 26.7 Å². The van der Waals surface area contributed by atoms with Crippen LogP contribution >= 0.6 is 0 Å². The number of piperidine rings is 1. The number of fused-ring (bicyclic) bond motifs is 1. The molecule has 0 radical (unpaired) electrons. The molecule has 0 bridgehead atoms. The molecule has 0 unspecified atom stereocenters. The molecular formula is C19H28N2O2S. The van der Waals surface area contributed by atoms with Crippen molar-refractivity contribution in [2.24, 2.45) is 5.92 Å². The van der Waals surface area contributed by atoms with Crippen molar-refractivity contribution < 1.29 is 8.42 Å². The Hall–Kier alpha value is -1.43. The minimum Gasteiger partial charge on any atom is -0.317 e. The minimum absolute atomic E-state index is 0.405. The predicted octanol–water partition coefficient (Wildman–Crippen LogP) is 3.49. The maximum atomic E-state index is 12.9. The Morgan fingerprint density at radius 2 is 1.67 bits per heavy atom. The molecule has 2 aromatic carbocycles. The highest BCUT2D eigenvalue weighted by molar-refractivity contribution is 7.89. The number of nitrogens with zero attached hydrogens (tertiary/aromatic N) is 1. The predicted molar refractivity (Wildman–Crippen MR) is 101 cm³/mol. The average Bonchev–Trinajstić information content (AvgIpc) is 2.63. The van der Waals surface area contributed by atoms with Crippen LogP contribution in [-0.2, 0) is 10.0 Å². The van der Waals surface area contributed by atoms with Crippen LogP contribution in [0.5, 0.6) is 0 Å². The van der Waals surface area contributed by atoms with Gasteiger partial charge in [-0.25, -0.2) is 12.7 Å². The lowest BCUT2D eigenvalue weighted by molar-refractivity contribution is 0.311. The second-order valence-corrected chi connectivity index (χ2v) is 7.97. The van der Waals surface area contributed by atoms with E-state index in [1.165, 1.54) is 4.31 Å². The van der Waals surface area contributed by atoms with Gasteiger partial charge in [-0.2, -0.15) is 0 Å². The molecule has 4 nitrogen and oxygen atoms in total. The summed E-state index contributed by atoms with van der Waals surface area (Å²) in [5.74, 6) is 0.441. The largest absolute Gasteiger partial charge is 0.317 e. The Morgan fingerprint density at radius 3 is 2.38 bits per heavy atom. The lowest BCUT2D eigenvalue weighted by atomic mass is 9.98. The lowest BCUT2D eigenvalue weighted by Gasteiger charge is -2.27. The van der Waals surface area contributed by atoms with Gasteiger partial charge >= 0.3 is 0 Å². The number of hydrogen-bond donors (Lipinski definition) is 1. The summed E-state index contributed by atoms with van der Waals surface area (Å²) < 4.78 is 27.4. The fourth-order valence-electron chi connectivity index (χ4n) is 3.11. The summed E-state index contributed by atoms with van der Waals surface area (Å²) >= 11 is 0. The Bertz CT molecular complexity index is 748. The fraction of sp³-hybridized carbons (Fsp3) is 0.474. The Balaban J connectivity index is 0.00000100. The van der Waals surface area contributed by atoms with Gasteiger partial charge in [0.1, 0.15) is 0 Å². The van der Waals surface area contributed by atoms with Gasteiger partial charge in [0.05, 0.1) is 4.90 Å². The van der Waals surface area contributed by atoms with Crippen LogP contribution in [0.4, 0.5) is 0 Å². The van der Waals surface area contributed by atoms with Gasteiger partial charge in [0, 0.05) is 19.0 Å². The second-order valence-electron chi connectivity index (χ2n) is 5.96. The Labute approximate surface area is 145 Å². The van der Waals surface area contributed by atoms with Crippen molar-refractivity contribution in [3.63, 3.8) is 0 Å². The third-order valence-electron chi connectivity index (χ3n) is 4.41. The van der Waals surface area contributed by atoms with E-state index in [2.05, 4.69) is 5.32 Å². The third kappa shape index (κ3) is 4.15. The van der Waals surface area contributed by atoms with E-state index in [0.29, 0.717) is 17.4 Å². The maximum Gasteiger partial charge on any atom is 0.243 e. The molecular weight excluding hydrogens is 320 g/mol. The first-order valence-electron chi connectivity index (χ1n) is 8.74. The first-order chi connectivity index (χ1) is 11.6. The highest BCUT2D eigenvalue weighted by Crippen LogP contribution is 2.26. The standard InChI is InChI=1S/C17H22N2O2S.C2H6/c1-19(13-14-9-11-18-12-10-14)22(20,21)17-8-4-6-15-5-2-3-7-16(15)17;1-2/h2-8,14,18H,9-13H2,1H3;1-2H3. The van der Waals surface area contributed by atoms with Gasteiger partial charge in [-0.3, -0.25) is 0 Å². The van der Waals surface area contributed by atoms with Crippen molar-refractivity contribution >= 4 is 20.8 Å². The number of hydrogen-bond acceptors (Lipinski definition) is 3. The van der Waals surface area contributed by atoms with Gasteiger partial charge in [-0.05, 0) is 43.3 Å². The van der Waals surface area contributed by atoms with Crippen molar-refractivity contribution in [2.45, 2.75) is 31.6 Å². The van der Waals surface area contributed by atoms with Crippen LogP contribution in [0.3, 0.4) is 0 Å². The van der Waals surface area contributed by atoms with Crippen molar-refractivity contribution in [2.75, 3.05) is 26.7 Å². The summed E-state index contributed by atoms with van der Waals surface area (Å²) in [7, 11) is -1.76. The highest BCUT2D eigenvalue weighted by Gasteiger charge is 2.26. The van der Waals surface area contributed by atoms with Gasteiger partial charge in [-0.15, -0.1) is 0 Å². The normalized spacial score (nSPS) is 16.0. The van der Waals surface area contributed by atoms with E-state index in [1.807, 2.05) is 50.2 Å². The average molecular weight is 349 g/mol. The van der Waals surface area contributed by atoms with Crippen molar-refractivity contribution in [1.29, 1.82) is 0 Å². The van der Waals surface area contributed by atoms with Crippen LogP contribution in [0.25, 0.3) is 10.8 Å². The summed E-state index contributed by atoms with van der Waals surface area (Å²) in [4.78, 5) is 0.405. The molecule has 0 aliphatic carbocycles. The van der Waals surface area contributed by atoms with Crippen LogP contribution in [0.15, 0.2) is 47.4 Å². The van der Waals surface area contributed by atoms with Gasteiger partial charge in [0.25, 0.3) is 0 Å². The molecule has 1 aliphatic heterocycles. The molecule has 1 saturated heterocycles. The first kappa shape index (κ1) is 18.9. The summed E-state index contributed by atoms with van der Waals surface area (Å²) in [5, 5.41) is 5.07. The van der Waals surface area contributed by atoms with Crippen LogP contribution in [0, 0.1) is 5.92 Å². The zero-order chi connectivity index (χ0) is 17.6. The molecule has 1 fully saturated rings. The van der Waals surface area contributed by atoms with Crippen molar-refractivity contribution in [1.82, 2.24) is 9.62 Å². The van der Waals surface area contributed by atoms with E-state index in [4.69, 9.17) is 0 Å². The molecule has 0 spiro atoms. The minimum atomic E-state index is -3.45. The summed E-state index contributed by atoms with van der Waals surface area (Å²) in [6, 6.07) is 13.1. The Morgan fingerprint density at radius 1 is 1.04 bits per heavy atom. The quantitative estimate of drug-likeness (QED) is 0.920. The molecule has 0 aromatic heterocycles. The maximum absolute atomic E-state index is 12.9. The molecule has 1 aliphatic rings. The lowest BCUT2D eigenvalue weighted by Crippen LogP contribution is -2.37. The van der Waals surface area contributed by atoms with E-state index in [-0.39, 0.29) is 0 Å². The smallest absolute Gasteiger partial charge is 0.243 e. The molecule has 5 heteroatoms. The van der Waals surface area contributed by atoms with Crippen molar-refractivity contribution in [3.8, 4) is 0 Å². The number of nitrogens with one attached hydrogen (secondary N) is 1. The van der Waals surface area contributed by atoms with E-state index in [0.717, 1.165) is 36.7 Å². The van der Waals surface area contributed by atoms with Gasteiger partial charge < -0.3 is 5.32 Å². The van der Waals surface area contributed by atoms with Gasteiger partial charge in [0.2, 0.25) is 10.0 Å². The number of benzene rings is 2. The fourth-order valence-corrected chi connectivity index (χ4v) is 4.57. The summed E-state index contributed by atoms with van der Waals surface area (Å²) in [6.07, 6.45) is 2.07. The monoisotopic (exact) mass is 348 g/mol. The SMILES string of the molecule is CC.CN(CC1CCNCC1)S(=O)(=O)c1cccc2ccccc12. The molecule has 0 saturated carbocycles.